The second-order valence-corrected chi connectivity index (χ2v) is 8.24. The summed E-state index contributed by atoms with van der Waals surface area (Å²) < 4.78 is 13.3. The van der Waals surface area contributed by atoms with E-state index in [1.807, 2.05) is 0 Å². The number of aryl methyl sites for hydroxylation is 2. The smallest absolute Gasteiger partial charge is 0.226 e. The summed E-state index contributed by atoms with van der Waals surface area (Å²) >= 11 is 1.63. The minimum atomic E-state index is -0.384. The lowest BCUT2D eigenvalue weighted by molar-refractivity contribution is -0.115. The van der Waals surface area contributed by atoms with Gasteiger partial charge in [0.2, 0.25) is 5.91 Å². The van der Waals surface area contributed by atoms with Gasteiger partial charge < -0.3 is 10.6 Å². The number of nitrogens with zero attached hydrogens (tertiary/aromatic N) is 2. The summed E-state index contributed by atoms with van der Waals surface area (Å²) in [4.78, 5) is 23.1. The van der Waals surface area contributed by atoms with E-state index in [9.17, 15) is 9.18 Å². The molecular weight excluding hydrogens is 399 g/mol. The lowest BCUT2D eigenvalue weighted by atomic mass is 10.0. The summed E-state index contributed by atoms with van der Waals surface area (Å²) in [7, 11) is 0. The van der Waals surface area contributed by atoms with Crippen LogP contribution in [0.3, 0.4) is 0 Å². The number of hydrogen-bond donors (Lipinski definition) is 2. The average molecular weight is 421 g/mol. The van der Waals surface area contributed by atoms with E-state index in [2.05, 4.69) is 58.7 Å². The van der Waals surface area contributed by atoms with Crippen LogP contribution in [0.15, 0.2) is 54.9 Å². The molecule has 2 aromatic heterocycles. The number of halogens is 1. The number of amides is 1. The summed E-state index contributed by atoms with van der Waals surface area (Å²) in [5.74, 6) is 0.128. The first kappa shape index (κ1) is 20.0. The quantitative estimate of drug-likeness (QED) is 0.429. The molecule has 0 radical (unpaired) electrons. The fourth-order valence-corrected chi connectivity index (χ4v) is 4.34. The summed E-state index contributed by atoms with van der Waals surface area (Å²) in [6.45, 7) is 4.54. The Hall–Kier alpha value is -3.32. The normalized spacial score (nSPS) is 10.9. The van der Waals surface area contributed by atoms with Gasteiger partial charge in [0.05, 0.1) is 5.39 Å². The number of nitrogens with one attached hydrogen (secondary N) is 2. The van der Waals surface area contributed by atoms with Gasteiger partial charge in [-0.3, -0.25) is 4.79 Å². The molecule has 152 valence electrons. The van der Waals surface area contributed by atoms with Crippen molar-refractivity contribution in [3.8, 4) is 11.1 Å². The molecule has 0 fully saturated rings. The second kappa shape index (κ2) is 8.59. The van der Waals surface area contributed by atoms with Crippen LogP contribution in [0.2, 0.25) is 0 Å². The highest BCUT2D eigenvalue weighted by Crippen LogP contribution is 2.40. The van der Waals surface area contributed by atoms with Crippen LogP contribution >= 0.6 is 11.3 Å². The van der Waals surface area contributed by atoms with E-state index >= 15 is 0 Å². The number of carbonyl (C=O) groups is 1. The molecule has 0 bridgehead atoms. The van der Waals surface area contributed by atoms with Gasteiger partial charge in [-0.05, 0) is 37.6 Å². The molecule has 0 aliphatic rings. The zero-order valence-electron chi connectivity index (χ0n) is 16.7. The van der Waals surface area contributed by atoms with E-state index in [4.69, 9.17) is 0 Å². The van der Waals surface area contributed by atoms with Crippen molar-refractivity contribution in [3.05, 3.63) is 71.1 Å². The molecule has 0 saturated carbocycles. The molecule has 4 rings (SSSR count). The Morgan fingerprint density at radius 3 is 2.67 bits per heavy atom. The maximum Gasteiger partial charge on any atom is 0.226 e. The molecule has 7 heteroatoms. The van der Waals surface area contributed by atoms with Crippen LogP contribution < -0.4 is 10.6 Å². The first-order valence-electron chi connectivity index (χ1n) is 9.61. The number of fused-ring (bicyclic) bond motifs is 1. The van der Waals surface area contributed by atoms with E-state index in [1.54, 1.807) is 23.5 Å². The molecule has 0 aliphatic heterocycles. The van der Waals surface area contributed by atoms with Gasteiger partial charge in [0, 0.05) is 29.1 Å². The Bertz CT molecular complexity index is 1200. The van der Waals surface area contributed by atoms with Crippen LogP contribution in [0.4, 0.5) is 15.9 Å². The van der Waals surface area contributed by atoms with Crippen LogP contribution in [0, 0.1) is 19.7 Å². The summed E-state index contributed by atoms with van der Waals surface area (Å²) in [6, 6.07) is 14.2. The minimum Gasteiger partial charge on any atom is -0.369 e. The van der Waals surface area contributed by atoms with Crippen LogP contribution in [0.5, 0.6) is 0 Å². The Morgan fingerprint density at radius 2 is 1.90 bits per heavy atom. The molecule has 0 unspecified atom stereocenters. The zero-order chi connectivity index (χ0) is 21.1. The molecule has 2 aromatic carbocycles. The van der Waals surface area contributed by atoms with Gasteiger partial charge in [-0.1, -0.05) is 35.9 Å². The molecule has 1 amide bonds. The summed E-state index contributed by atoms with van der Waals surface area (Å²) in [6.07, 6.45) is 1.76. The lowest BCUT2D eigenvalue weighted by Crippen LogP contribution is -2.16. The third kappa shape index (κ3) is 4.31. The Balaban J connectivity index is 1.52. The zero-order valence-corrected chi connectivity index (χ0v) is 17.5. The molecule has 4 aromatic rings. The van der Waals surface area contributed by atoms with Gasteiger partial charge in [0.15, 0.2) is 0 Å². The fourth-order valence-electron chi connectivity index (χ4n) is 3.33. The molecular formula is C23H21FN4OS. The third-order valence-electron chi connectivity index (χ3n) is 4.76. The topological polar surface area (TPSA) is 66.9 Å². The predicted octanol–water partition coefficient (Wildman–Crippen LogP) is 5.55. The van der Waals surface area contributed by atoms with Crippen LogP contribution in [0.25, 0.3) is 21.3 Å². The average Bonchev–Trinajstić information content (AvgIpc) is 3.05. The van der Waals surface area contributed by atoms with Gasteiger partial charge in [0.25, 0.3) is 0 Å². The van der Waals surface area contributed by atoms with E-state index in [-0.39, 0.29) is 18.1 Å². The first-order valence-corrected chi connectivity index (χ1v) is 10.4. The minimum absolute atomic E-state index is 0.196. The Labute approximate surface area is 178 Å². The van der Waals surface area contributed by atoms with Crippen molar-refractivity contribution in [1.29, 1.82) is 0 Å². The highest BCUT2D eigenvalue weighted by molar-refractivity contribution is 7.19. The first-order chi connectivity index (χ1) is 14.5. The second-order valence-electron chi connectivity index (χ2n) is 7.04. The van der Waals surface area contributed by atoms with Crippen molar-refractivity contribution >= 4 is 39.0 Å². The largest absolute Gasteiger partial charge is 0.369 e. The van der Waals surface area contributed by atoms with Crippen molar-refractivity contribution in [1.82, 2.24) is 9.97 Å². The molecule has 0 atom stereocenters. The predicted molar refractivity (Wildman–Crippen MR) is 120 cm³/mol. The number of rotatable bonds is 6. The maximum absolute atomic E-state index is 13.3. The van der Waals surface area contributed by atoms with Gasteiger partial charge >= 0.3 is 0 Å². The highest BCUT2D eigenvalue weighted by Gasteiger charge is 2.16. The van der Waals surface area contributed by atoms with Gasteiger partial charge in [0.1, 0.15) is 22.8 Å². The van der Waals surface area contributed by atoms with Crippen molar-refractivity contribution in [2.45, 2.75) is 20.3 Å². The van der Waals surface area contributed by atoms with Crippen molar-refractivity contribution < 1.29 is 9.18 Å². The number of hydrogen-bond acceptors (Lipinski definition) is 5. The lowest BCUT2D eigenvalue weighted by Gasteiger charge is -2.10. The Kier molecular flexibility index (Phi) is 5.72. The summed E-state index contributed by atoms with van der Waals surface area (Å²) in [5, 5.41) is 6.94. The summed E-state index contributed by atoms with van der Waals surface area (Å²) in [5.41, 5.74) is 3.88. The fraction of sp³-hybridized carbons (Fsp3) is 0.174. The van der Waals surface area contributed by atoms with Gasteiger partial charge in [-0.2, -0.15) is 0 Å². The van der Waals surface area contributed by atoms with E-state index in [0.717, 1.165) is 21.3 Å². The maximum atomic E-state index is 13.3. The van der Waals surface area contributed by atoms with Crippen molar-refractivity contribution in [2.24, 2.45) is 0 Å². The molecule has 0 saturated heterocycles. The SMILES string of the molecule is Cc1ccc(-c2c(C)sc3ncnc(NCCC(=O)Nc4cccc(F)c4)c23)cc1. The van der Waals surface area contributed by atoms with E-state index in [1.165, 1.54) is 28.9 Å². The number of carbonyl (C=O) groups excluding carboxylic acids is 1. The van der Waals surface area contributed by atoms with Crippen LogP contribution in [-0.4, -0.2) is 22.4 Å². The molecule has 30 heavy (non-hydrogen) atoms. The molecule has 5 nitrogen and oxygen atoms in total. The number of benzene rings is 2. The Morgan fingerprint density at radius 1 is 1.10 bits per heavy atom. The van der Waals surface area contributed by atoms with Crippen LogP contribution in [0.1, 0.15) is 16.9 Å². The molecule has 2 heterocycles. The van der Waals surface area contributed by atoms with E-state index < -0.39 is 0 Å². The monoisotopic (exact) mass is 420 g/mol. The van der Waals surface area contributed by atoms with Crippen molar-refractivity contribution in [3.63, 3.8) is 0 Å². The standard InChI is InChI=1S/C23H21FN4OS/c1-14-6-8-16(9-7-14)20-15(2)30-23-21(20)22(26-13-27-23)25-11-10-19(29)28-18-5-3-4-17(24)12-18/h3-9,12-13H,10-11H2,1-2H3,(H,28,29)(H,25,26,27). The highest BCUT2D eigenvalue weighted by atomic mass is 32.1. The number of anilines is 2. The molecule has 0 aliphatic carbocycles. The van der Waals surface area contributed by atoms with Crippen molar-refractivity contribution in [2.75, 3.05) is 17.2 Å². The van der Waals surface area contributed by atoms with Gasteiger partial charge in [-0.15, -0.1) is 11.3 Å². The third-order valence-corrected chi connectivity index (χ3v) is 5.77. The molecule has 0 spiro atoms. The molecule has 2 N–H and O–H groups in total. The van der Waals surface area contributed by atoms with Crippen LogP contribution in [-0.2, 0) is 4.79 Å². The van der Waals surface area contributed by atoms with Gasteiger partial charge in [-0.25, -0.2) is 14.4 Å². The van der Waals surface area contributed by atoms with E-state index in [0.29, 0.717) is 18.1 Å². The number of thiophene rings is 1. The number of aromatic nitrogens is 2.